The second-order valence-electron chi connectivity index (χ2n) is 13.4. The zero-order chi connectivity index (χ0) is 32.2. The second kappa shape index (κ2) is 17.0. The highest BCUT2D eigenvalue weighted by Gasteiger charge is 2.54. The number of nitrogens with two attached hydrogens (primary N) is 2. The van der Waals surface area contributed by atoms with Crippen LogP contribution in [0.5, 0.6) is 0 Å². The van der Waals surface area contributed by atoms with Gasteiger partial charge >= 0.3 is 0 Å². The first-order valence-corrected chi connectivity index (χ1v) is 15.5. The van der Waals surface area contributed by atoms with Crippen LogP contribution in [-0.4, -0.2) is 48.7 Å². The van der Waals surface area contributed by atoms with Crippen LogP contribution < -0.4 is 22.5 Å². The highest BCUT2D eigenvalue weighted by Crippen LogP contribution is 2.45. The number of carbonyl (C=O) groups excluding carboxylic acids is 3. The first-order valence-electron chi connectivity index (χ1n) is 15.5. The number of hydrogen-bond acceptors (Lipinski definition) is 8. The molecule has 0 aliphatic carbocycles. The molecule has 10 heteroatoms. The smallest absolute Gasteiger partial charge is 0.248 e. The van der Waals surface area contributed by atoms with Gasteiger partial charge in [-0.25, -0.2) is 16.2 Å². The number of carbonyl (C=O) groups is 3. The third-order valence-electron chi connectivity index (χ3n) is 7.48. The Labute approximate surface area is 257 Å². The Bertz CT molecular complexity index is 1050. The summed E-state index contributed by atoms with van der Waals surface area (Å²) in [7, 11) is 0. The maximum absolute atomic E-state index is 14.7. The van der Waals surface area contributed by atoms with Gasteiger partial charge in [-0.15, -0.1) is 0 Å². The van der Waals surface area contributed by atoms with Crippen molar-refractivity contribution in [3.05, 3.63) is 42.0 Å². The molecule has 1 fully saturated rings. The van der Waals surface area contributed by atoms with Crippen molar-refractivity contribution in [2.45, 2.75) is 98.5 Å². The molecular formula is C33H54N4O6. The summed E-state index contributed by atoms with van der Waals surface area (Å²) in [5, 5.41) is 0. The van der Waals surface area contributed by atoms with Gasteiger partial charge in [0.1, 0.15) is 0 Å². The van der Waals surface area contributed by atoms with Crippen molar-refractivity contribution in [3.63, 3.8) is 0 Å². The number of rotatable bonds is 16. The zero-order valence-corrected chi connectivity index (χ0v) is 27.1. The van der Waals surface area contributed by atoms with E-state index in [2.05, 4.69) is 10.9 Å². The van der Waals surface area contributed by atoms with Crippen LogP contribution in [0.2, 0.25) is 0 Å². The van der Waals surface area contributed by atoms with E-state index in [1.165, 1.54) is 0 Å². The van der Waals surface area contributed by atoms with Crippen LogP contribution >= 0.6 is 0 Å². The predicted molar refractivity (Wildman–Crippen MR) is 168 cm³/mol. The van der Waals surface area contributed by atoms with Crippen LogP contribution in [0.4, 0.5) is 0 Å². The quantitative estimate of drug-likeness (QED) is 0.124. The highest BCUT2D eigenvalue weighted by atomic mass is 16.8. The number of Topliss-reactive ketones (excluding diaryl/α,β-unsaturated/α-hetero) is 1. The molecule has 0 saturated carbocycles. The minimum absolute atomic E-state index is 0.00282. The van der Waals surface area contributed by atoms with Gasteiger partial charge in [0, 0.05) is 13.0 Å². The molecule has 1 heterocycles. The van der Waals surface area contributed by atoms with Crippen molar-refractivity contribution in [3.8, 4) is 0 Å². The van der Waals surface area contributed by atoms with Crippen LogP contribution in [0.25, 0.3) is 6.08 Å². The number of ketones is 1. The first-order chi connectivity index (χ1) is 20.2. The maximum Gasteiger partial charge on any atom is 0.248 e. The molecule has 1 aliphatic heterocycles. The zero-order valence-electron chi connectivity index (χ0n) is 27.1. The van der Waals surface area contributed by atoms with Crippen molar-refractivity contribution in [1.29, 1.82) is 0 Å². The fraction of sp³-hybridized carbons (Fsp3) is 0.667. The number of hydroxylamine groups is 1. The van der Waals surface area contributed by atoms with Gasteiger partial charge in [-0.2, -0.15) is 0 Å². The van der Waals surface area contributed by atoms with E-state index < -0.39 is 52.8 Å². The third-order valence-corrected chi connectivity index (χ3v) is 7.48. The Morgan fingerprint density at radius 3 is 2.26 bits per heavy atom. The Kier molecular flexibility index (Phi) is 14.5. The monoisotopic (exact) mass is 602 g/mol. The minimum atomic E-state index is -1.52. The summed E-state index contributed by atoms with van der Waals surface area (Å²) in [6.45, 7) is 14.0. The topological polar surface area (TPSA) is 155 Å². The molecule has 10 nitrogen and oxygen atoms in total. The molecule has 1 aliphatic rings. The van der Waals surface area contributed by atoms with Gasteiger partial charge in [-0.05, 0) is 63.9 Å². The number of hydrazine groups is 1. The normalized spacial score (nSPS) is 19.6. The Hall–Kier alpha value is -2.63. The molecule has 1 aromatic carbocycles. The number of allylic oxidation sites excluding steroid dienone is 1. The van der Waals surface area contributed by atoms with Gasteiger partial charge in [0.15, 0.2) is 12.1 Å². The SMILES string of the molecule is CC(C)C[C@@H](C(=O)NN)[C@H](C(=O)NOC1CCCCO1)C(C=Cc1ccccc1)(CC(C)C)C(=O)[C@H](N)COC(C)(C)C. The van der Waals surface area contributed by atoms with Crippen LogP contribution in [0, 0.1) is 29.1 Å². The van der Waals surface area contributed by atoms with Crippen LogP contribution in [0.3, 0.4) is 0 Å². The lowest BCUT2D eigenvalue weighted by Gasteiger charge is -2.43. The van der Waals surface area contributed by atoms with E-state index in [1.54, 1.807) is 6.08 Å². The first kappa shape index (κ1) is 36.6. The van der Waals surface area contributed by atoms with Gasteiger partial charge in [0.05, 0.1) is 35.5 Å². The van der Waals surface area contributed by atoms with Gasteiger partial charge in [0.2, 0.25) is 11.8 Å². The molecule has 2 amide bonds. The molecule has 2 rings (SSSR count). The molecule has 5 atom stereocenters. The molecule has 0 radical (unpaired) electrons. The molecule has 0 aromatic heterocycles. The molecule has 1 saturated heterocycles. The summed E-state index contributed by atoms with van der Waals surface area (Å²) < 4.78 is 11.6. The van der Waals surface area contributed by atoms with Crippen molar-refractivity contribution in [2.24, 2.45) is 40.7 Å². The molecule has 2 unspecified atom stereocenters. The maximum atomic E-state index is 14.7. The van der Waals surface area contributed by atoms with Crippen LogP contribution in [0.15, 0.2) is 36.4 Å². The van der Waals surface area contributed by atoms with Crippen molar-refractivity contribution < 1.29 is 28.7 Å². The van der Waals surface area contributed by atoms with E-state index in [4.69, 9.17) is 25.9 Å². The van der Waals surface area contributed by atoms with Gasteiger partial charge in [-0.3, -0.25) is 19.8 Å². The summed E-state index contributed by atoms with van der Waals surface area (Å²) >= 11 is 0. The van der Waals surface area contributed by atoms with Crippen LogP contribution in [-0.2, 0) is 28.7 Å². The Morgan fingerprint density at radius 1 is 1.05 bits per heavy atom. The van der Waals surface area contributed by atoms with E-state index in [9.17, 15) is 14.4 Å². The van der Waals surface area contributed by atoms with Crippen molar-refractivity contribution in [2.75, 3.05) is 13.2 Å². The standard InChI is InChI=1S/C33H54N4O6/c1-22(2)19-25(30(39)36-35)28(31(40)37-43-27-15-11-12-18-41-27)33(20-23(3)4,17-16-24-13-9-8-10-14-24)29(38)26(34)21-42-32(5,6)7/h8-10,13-14,16-17,22-23,25-28H,11-12,15,18-21,34-35H2,1-7H3,(H,36,39)(H,37,40)/t25-,26-,27?,28-,33?/m1/s1. The molecular weight excluding hydrogens is 548 g/mol. The lowest BCUT2D eigenvalue weighted by atomic mass is 9.60. The Balaban J connectivity index is 2.77. The summed E-state index contributed by atoms with van der Waals surface area (Å²) in [6, 6.07) is 8.41. The Morgan fingerprint density at radius 2 is 1.72 bits per heavy atom. The third kappa shape index (κ3) is 11.4. The fourth-order valence-electron chi connectivity index (χ4n) is 5.66. The van der Waals surface area contributed by atoms with Gasteiger partial charge in [-0.1, -0.05) is 70.2 Å². The molecule has 43 heavy (non-hydrogen) atoms. The van der Waals surface area contributed by atoms with E-state index >= 15 is 0 Å². The van der Waals surface area contributed by atoms with E-state index in [1.807, 2.05) is 84.9 Å². The number of amides is 2. The van der Waals surface area contributed by atoms with E-state index in [0.717, 1.165) is 18.4 Å². The summed E-state index contributed by atoms with van der Waals surface area (Å²) in [4.78, 5) is 48.3. The van der Waals surface area contributed by atoms with Crippen LogP contribution in [0.1, 0.15) is 86.1 Å². The molecule has 6 N–H and O–H groups in total. The minimum Gasteiger partial charge on any atom is -0.374 e. The summed E-state index contributed by atoms with van der Waals surface area (Å²) in [6.07, 6.45) is 5.90. The van der Waals surface area contributed by atoms with Crippen molar-refractivity contribution >= 4 is 23.7 Å². The molecule has 0 bridgehead atoms. The van der Waals surface area contributed by atoms with Gasteiger partial charge in [0.25, 0.3) is 0 Å². The van der Waals surface area contributed by atoms with Gasteiger partial charge < -0.3 is 15.2 Å². The van der Waals surface area contributed by atoms with E-state index in [-0.39, 0.29) is 24.9 Å². The van der Waals surface area contributed by atoms with Crippen molar-refractivity contribution in [1.82, 2.24) is 10.9 Å². The second-order valence-corrected chi connectivity index (χ2v) is 13.4. The van der Waals surface area contributed by atoms with E-state index in [0.29, 0.717) is 19.4 Å². The number of ether oxygens (including phenoxy) is 2. The fourth-order valence-corrected chi connectivity index (χ4v) is 5.66. The number of nitrogens with one attached hydrogen (secondary N) is 2. The largest absolute Gasteiger partial charge is 0.374 e. The molecule has 0 spiro atoms. The lowest BCUT2D eigenvalue weighted by Crippen LogP contribution is -2.58. The predicted octanol–water partition coefficient (Wildman–Crippen LogP) is 4.29. The highest BCUT2D eigenvalue weighted by molar-refractivity contribution is 5.99. The number of benzene rings is 1. The molecule has 1 aromatic rings. The summed E-state index contributed by atoms with van der Waals surface area (Å²) in [5.74, 6) is 1.90. The molecule has 242 valence electrons. The number of hydrogen-bond donors (Lipinski definition) is 4. The average Bonchev–Trinajstić information content (AvgIpc) is 2.96. The summed E-state index contributed by atoms with van der Waals surface area (Å²) in [5.41, 5.74) is 10.2. The average molecular weight is 603 g/mol. The lowest BCUT2D eigenvalue weighted by molar-refractivity contribution is -0.205.